The number of carbonyl (C=O) groups is 2. The average molecular weight is 389 g/mol. The highest BCUT2D eigenvalue weighted by Gasteiger charge is 2.31. The van der Waals surface area contributed by atoms with Gasteiger partial charge in [-0.25, -0.2) is 0 Å². The van der Waals surface area contributed by atoms with Gasteiger partial charge in [-0.05, 0) is 41.8 Å². The van der Waals surface area contributed by atoms with Gasteiger partial charge in [-0.1, -0.05) is 36.4 Å². The second-order valence-electron chi connectivity index (χ2n) is 7.80. The van der Waals surface area contributed by atoms with Crippen molar-refractivity contribution in [2.75, 3.05) is 31.1 Å². The van der Waals surface area contributed by atoms with E-state index in [2.05, 4.69) is 36.1 Å². The summed E-state index contributed by atoms with van der Waals surface area (Å²) in [5, 5.41) is 0. The van der Waals surface area contributed by atoms with Crippen LogP contribution in [0.1, 0.15) is 36.1 Å². The first kappa shape index (κ1) is 19.2. The standard InChI is InChI=1S/C24H27N3O2/c1-18-6-5-8-21(16-18)25-12-14-26(15-13-25)24(29)17-23-22-9-4-3-7-20(22)10-11-27(23)19(2)28/h3-11,16,23H,12-15,17H2,1-2H3/t23-/m1/s1. The van der Waals surface area contributed by atoms with Crippen LogP contribution in [-0.2, 0) is 9.59 Å². The Bertz CT molecular complexity index is 945. The molecule has 2 aromatic carbocycles. The maximum Gasteiger partial charge on any atom is 0.225 e. The zero-order chi connectivity index (χ0) is 20.4. The van der Waals surface area contributed by atoms with Gasteiger partial charge in [-0.2, -0.15) is 0 Å². The van der Waals surface area contributed by atoms with E-state index in [-0.39, 0.29) is 17.9 Å². The topological polar surface area (TPSA) is 43.9 Å². The Hall–Kier alpha value is -3.08. The Morgan fingerprint density at radius 1 is 1.00 bits per heavy atom. The van der Waals surface area contributed by atoms with Crippen LogP contribution in [0.5, 0.6) is 0 Å². The third-order valence-corrected chi connectivity index (χ3v) is 5.84. The molecule has 0 aliphatic carbocycles. The van der Waals surface area contributed by atoms with Crippen LogP contribution in [0.2, 0.25) is 0 Å². The maximum atomic E-state index is 13.1. The fourth-order valence-corrected chi connectivity index (χ4v) is 4.25. The summed E-state index contributed by atoms with van der Waals surface area (Å²) in [4.78, 5) is 31.2. The average Bonchev–Trinajstić information content (AvgIpc) is 2.74. The van der Waals surface area contributed by atoms with Crippen LogP contribution in [0.25, 0.3) is 6.08 Å². The van der Waals surface area contributed by atoms with E-state index in [9.17, 15) is 9.59 Å². The van der Waals surface area contributed by atoms with Crippen LogP contribution in [0.3, 0.4) is 0 Å². The maximum absolute atomic E-state index is 13.1. The van der Waals surface area contributed by atoms with Crippen molar-refractivity contribution in [1.29, 1.82) is 0 Å². The highest BCUT2D eigenvalue weighted by Crippen LogP contribution is 2.33. The summed E-state index contributed by atoms with van der Waals surface area (Å²) in [6, 6.07) is 16.2. The number of hydrogen-bond acceptors (Lipinski definition) is 3. The lowest BCUT2D eigenvalue weighted by Gasteiger charge is -2.38. The summed E-state index contributed by atoms with van der Waals surface area (Å²) < 4.78 is 0. The minimum absolute atomic E-state index is 0.0437. The molecule has 5 heteroatoms. The molecule has 0 saturated carbocycles. The Morgan fingerprint density at radius 3 is 2.48 bits per heavy atom. The highest BCUT2D eigenvalue weighted by molar-refractivity contribution is 5.82. The first-order chi connectivity index (χ1) is 14.0. The first-order valence-corrected chi connectivity index (χ1v) is 10.2. The van der Waals surface area contributed by atoms with Crippen LogP contribution >= 0.6 is 0 Å². The smallest absolute Gasteiger partial charge is 0.225 e. The lowest BCUT2D eigenvalue weighted by atomic mass is 9.93. The van der Waals surface area contributed by atoms with E-state index in [1.165, 1.54) is 11.3 Å². The van der Waals surface area contributed by atoms with E-state index in [0.29, 0.717) is 19.5 Å². The molecule has 0 unspecified atom stereocenters. The van der Waals surface area contributed by atoms with Crippen molar-refractivity contribution in [3.63, 3.8) is 0 Å². The predicted molar refractivity (Wildman–Crippen MR) is 115 cm³/mol. The van der Waals surface area contributed by atoms with Crippen molar-refractivity contribution in [2.24, 2.45) is 0 Å². The van der Waals surface area contributed by atoms with Crippen molar-refractivity contribution in [1.82, 2.24) is 9.80 Å². The summed E-state index contributed by atoms with van der Waals surface area (Å²) >= 11 is 0. The van der Waals surface area contributed by atoms with E-state index in [1.807, 2.05) is 35.2 Å². The molecular formula is C24H27N3O2. The zero-order valence-electron chi connectivity index (χ0n) is 17.0. The number of nitrogens with zero attached hydrogens (tertiary/aromatic N) is 3. The fraction of sp³-hybridized carbons (Fsp3) is 0.333. The lowest BCUT2D eigenvalue weighted by Crippen LogP contribution is -2.49. The van der Waals surface area contributed by atoms with Gasteiger partial charge < -0.3 is 14.7 Å². The largest absolute Gasteiger partial charge is 0.368 e. The molecule has 0 bridgehead atoms. The van der Waals surface area contributed by atoms with Gasteiger partial charge in [-0.3, -0.25) is 9.59 Å². The van der Waals surface area contributed by atoms with Crippen LogP contribution < -0.4 is 4.90 Å². The summed E-state index contributed by atoms with van der Waals surface area (Å²) in [6.07, 6.45) is 4.06. The lowest BCUT2D eigenvalue weighted by molar-refractivity contribution is -0.134. The molecule has 1 saturated heterocycles. The first-order valence-electron chi connectivity index (χ1n) is 10.2. The van der Waals surface area contributed by atoms with E-state index in [1.54, 1.807) is 18.0 Å². The molecule has 0 N–H and O–H groups in total. The normalized spacial score (nSPS) is 18.6. The molecule has 150 valence electrons. The number of rotatable bonds is 3. The minimum Gasteiger partial charge on any atom is -0.368 e. The van der Waals surface area contributed by atoms with Gasteiger partial charge >= 0.3 is 0 Å². The molecule has 5 nitrogen and oxygen atoms in total. The van der Waals surface area contributed by atoms with Gasteiger partial charge in [0, 0.05) is 45.0 Å². The minimum atomic E-state index is -0.240. The van der Waals surface area contributed by atoms with E-state index in [0.717, 1.165) is 24.2 Å². The molecule has 2 heterocycles. The Kier molecular flexibility index (Phi) is 5.38. The molecule has 2 aliphatic heterocycles. The third-order valence-electron chi connectivity index (χ3n) is 5.84. The number of carbonyl (C=O) groups excluding carboxylic acids is 2. The molecule has 4 rings (SSSR count). The van der Waals surface area contributed by atoms with E-state index in [4.69, 9.17) is 0 Å². The third kappa shape index (κ3) is 4.04. The molecule has 0 aromatic heterocycles. The Morgan fingerprint density at radius 2 is 1.76 bits per heavy atom. The predicted octanol–water partition coefficient (Wildman–Crippen LogP) is 3.61. The molecule has 0 spiro atoms. The van der Waals surface area contributed by atoms with Gasteiger partial charge in [0.05, 0.1) is 12.5 Å². The fourth-order valence-electron chi connectivity index (χ4n) is 4.25. The Labute approximate surface area is 172 Å². The number of hydrogen-bond donors (Lipinski definition) is 0. The highest BCUT2D eigenvalue weighted by atomic mass is 16.2. The van der Waals surface area contributed by atoms with Gasteiger partial charge in [0.25, 0.3) is 0 Å². The van der Waals surface area contributed by atoms with Crippen LogP contribution in [-0.4, -0.2) is 47.8 Å². The van der Waals surface area contributed by atoms with Crippen LogP contribution in [0.4, 0.5) is 5.69 Å². The molecular weight excluding hydrogens is 362 g/mol. The van der Waals surface area contributed by atoms with Crippen LogP contribution in [0.15, 0.2) is 54.7 Å². The van der Waals surface area contributed by atoms with Crippen molar-refractivity contribution in [2.45, 2.75) is 26.3 Å². The van der Waals surface area contributed by atoms with Gasteiger partial charge in [0.2, 0.25) is 11.8 Å². The quantitative estimate of drug-likeness (QED) is 0.806. The SMILES string of the molecule is CC(=O)N1C=Cc2ccccc2[C@H]1CC(=O)N1CCN(c2cccc(C)c2)CC1. The van der Waals surface area contributed by atoms with E-state index < -0.39 is 0 Å². The summed E-state index contributed by atoms with van der Waals surface area (Å²) in [5.74, 6) is 0.0630. The molecule has 2 amide bonds. The summed E-state index contributed by atoms with van der Waals surface area (Å²) in [7, 11) is 0. The van der Waals surface area contributed by atoms with Crippen molar-refractivity contribution in [3.8, 4) is 0 Å². The van der Waals surface area contributed by atoms with Crippen LogP contribution in [0, 0.1) is 6.92 Å². The number of benzene rings is 2. The van der Waals surface area contributed by atoms with Gasteiger partial charge in [-0.15, -0.1) is 0 Å². The molecule has 29 heavy (non-hydrogen) atoms. The number of piperazine rings is 1. The zero-order valence-corrected chi connectivity index (χ0v) is 17.0. The molecule has 2 aromatic rings. The van der Waals surface area contributed by atoms with Gasteiger partial charge in [0.15, 0.2) is 0 Å². The van der Waals surface area contributed by atoms with Crippen molar-refractivity contribution in [3.05, 3.63) is 71.4 Å². The monoisotopic (exact) mass is 389 g/mol. The number of fused-ring (bicyclic) bond motifs is 1. The molecule has 1 fully saturated rings. The number of anilines is 1. The molecule has 1 atom stereocenters. The van der Waals surface area contributed by atoms with E-state index >= 15 is 0 Å². The molecule has 2 aliphatic rings. The molecule has 0 radical (unpaired) electrons. The second kappa shape index (κ2) is 8.11. The van der Waals surface area contributed by atoms with Crippen molar-refractivity contribution < 1.29 is 9.59 Å². The van der Waals surface area contributed by atoms with Crippen molar-refractivity contribution >= 4 is 23.6 Å². The second-order valence-corrected chi connectivity index (χ2v) is 7.80. The van der Waals surface area contributed by atoms with Gasteiger partial charge in [0.1, 0.15) is 0 Å². The Balaban J connectivity index is 1.44. The summed E-state index contributed by atoms with van der Waals surface area (Å²) in [5.41, 5.74) is 4.57. The summed E-state index contributed by atoms with van der Waals surface area (Å²) in [6.45, 7) is 6.71. The number of amides is 2. The number of aryl methyl sites for hydroxylation is 1.